The van der Waals surface area contributed by atoms with Gasteiger partial charge >= 0.3 is 0 Å². The third-order valence-electron chi connectivity index (χ3n) is 4.26. The van der Waals surface area contributed by atoms with Crippen molar-refractivity contribution in [3.8, 4) is 0 Å². The Morgan fingerprint density at radius 1 is 1.17 bits per heavy atom. The second kappa shape index (κ2) is 5.99. The van der Waals surface area contributed by atoms with Crippen molar-refractivity contribution in [3.05, 3.63) is 0 Å². The first-order valence-electron chi connectivity index (χ1n) is 6.95. The molecule has 0 aliphatic carbocycles. The molecule has 2 saturated heterocycles. The molecule has 2 aliphatic heterocycles. The Hall–Kier alpha value is -0.650. The summed E-state index contributed by atoms with van der Waals surface area (Å²) in [6.45, 7) is 4.96. The molecule has 5 nitrogen and oxygen atoms in total. The van der Waals surface area contributed by atoms with Gasteiger partial charge in [-0.25, -0.2) is 0 Å². The molecule has 0 saturated carbocycles. The fourth-order valence-corrected chi connectivity index (χ4v) is 2.87. The normalized spacial score (nSPS) is 28.3. The van der Waals surface area contributed by atoms with Gasteiger partial charge in [0.05, 0.1) is 6.04 Å². The topological polar surface area (TPSA) is 38.8 Å². The van der Waals surface area contributed by atoms with Gasteiger partial charge in [-0.3, -0.25) is 4.79 Å². The van der Waals surface area contributed by atoms with Crippen LogP contribution in [0.2, 0.25) is 0 Å². The van der Waals surface area contributed by atoms with Crippen molar-refractivity contribution >= 4 is 5.91 Å². The van der Waals surface area contributed by atoms with E-state index >= 15 is 0 Å². The number of carbonyl (C=O) groups excluding carboxylic acids is 1. The van der Waals surface area contributed by atoms with Crippen LogP contribution in [-0.4, -0.2) is 86.6 Å². The van der Waals surface area contributed by atoms with E-state index in [2.05, 4.69) is 29.2 Å². The van der Waals surface area contributed by atoms with Crippen molar-refractivity contribution < 1.29 is 4.79 Å². The molecule has 2 heterocycles. The lowest BCUT2D eigenvalue weighted by Crippen LogP contribution is -2.58. The minimum absolute atomic E-state index is 0.0200. The molecule has 2 rings (SSSR count). The fourth-order valence-electron chi connectivity index (χ4n) is 2.87. The molecule has 0 aromatic rings. The van der Waals surface area contributed by atoms with Gasteiger partial charge in [-0.2, -0.15) is 0 Å². The SMILES string of the molecule is CN1CCC(N(C)C(=O)C2CN(C)CCN2)CC1. The van der Waals surface area contributed by atoms with Crippen molar-refractivity contribution in [1.82, 2.24) is 20.0 Å². The van der Waals surface area contributed by atoms with Gasteiger partial charge in [0.1, 0.15) is 0 Å². The standard InChI is InChI=1S/C13H26N4O/c1-15-7-4-11(5-8-15)17(3)13(18)12-10-16(2)9-6-14-12/h11-12,14H,4-10H2,1-3H3. The Balaban J connectivity index is 1.87. The number of amides is 1. The van der Waals surface area contributed by atoms with E-state index in [1.54, 1.807) is 0 Å². The van der Waals surface area contributed by atoms with Gasteiger partial charge in [0.2, 0.25) is 5.91 Å². The molecule has 18 heavy (non-hydrogen) atoms. The number of carbonyl (C=O) groups is 1. The van der Waals surface area contributed by atoms with Gasteiger partial charge in [0, 0.05) is 32.7 Å². The summed E-state index contributed by atoms with van der Waals surface area (Å²) in [6.07, 6.45) is 2.20. The maximum atomic E-state index is 12.4. The Morgan fingerprint density at radius 3 is 2.44 bits per heavy atom. The predicted molar refractivity (Wildman–Crippen MR) is 72.6 cm³/mol. The van der Waals surface area contributed by atoms with Gasteiger partial charge in [-0.15, -0.1) is 0 Å². The van der Waals surface area contributed by atoms with E-state index in [-0.39, 0.29) is 11.9 Å². The number of likely N-dealkylation sites (N-methyl/N-ethyl adjacent to an activating group) is 2. The molecule has 1 unspecified atom stereocenters. The van der Waals surface area contributed by atoms with Crippen LogP contribution in [0, 0.1) is 0 Å². The number of hydrogen-bond acceptors (Lipinski definition) is 4. The van der Waals surface area contributed by atoms with E-state index in [0.717, 1.165) is 45.6 Å². The lowest BCUT2D eigenvalue weighted by molar-refractivity contribution is -0.136. The zero-order valence-corrected chi connectivity index (χ0v) is 11.9. The largest absolute Gasteiger partial charge is 0.341 e. The second-order valence-electron chi connectivity index (χ2n) is 5.75. The van der Waals surface area contributed by atoms with E-state index < -0.39 is 0 Å². The molecule has 0 spiro atoms. The molecular weight excluding hydrogens is 228 g/mol. The van der Waals surface area contributed by atoms with Crippen LogP contribution in [0.1, 0.15) is 12.8 Å². The van der Waals surface area contributed by atoms with Crippen molar-refractivity contribution in [2.24, 2.45) is 0 Å². The van der Waals surface area contributed by atoms with Gasteiger partial charge < -0.3 is 20.0 Å². The van der Waals surface area contributed by atoms with Gasteiger partial charge in [-0.05, 0) is 40.0 Å². The highest BCUT2D eigenvalue weighted by molar-refractivity contribution is 5.82. The summed E-state index contributed by atoms with van der Waals surface area (Å²) in [6, 6.07) is 0.399. The Morgan fingerprint density at radius 2 is 1.83 bits per heavy atom. The quantitative estimate of drug-likeness (QED) is 0.717. The van der Waals surface area contributed by atoms with Crippen molar-refractivity contribution in [2.75, 3.05) is 53.9 Å². The molecule has 1 N–H and O–H groups in total. The van der Waals surface area contributed by atoms with E-state index in [1.807, 2.05) is 11.9 Å². The third-order valence-corrected chi connectivity index (χ3v) is 4.26. The molecular formula is C13H26N4O. The maximum Gasteiger partial charge on any atom is 0.241 e. The summed E-state index contributed by atoms with van der Waals surface area (Å²) in [5.41, 5.74) is 0. The van der Waals surface area contributed by atoms with Gasteiger partial charge in [-0.1, -0.05) is 0 Å². The fraction of sp³-hybridized carbons (Fsp3) is 0.923. The summed E-state index contributed by atoms with van der Waals surface area (Å²) < 4.78 is 0. The highest BCUT2D eigenvalue weighted by Gasteiger charge is 2.30. The summed E-state index contributed by atoms with van der Waals surface area (Å²) in [7, 11) is 6.20. The van der Waals surface area contributed by atoms with Crippen LogP contribution in [-0.2, 0) is 4.79 Å². The van der Waals surface area contributed by atoms with Crippen LogP contribution in [0.5, 0.6) is 0 Å². The first kappa shape index (κ1) is 13.8. The Labute approximate surface area is 110 Å². The third kappa shape index (κ3) is 3.22. The summed E-state index contributed by atoms with van der Waals surface area (Å²) in [5.74, 6) is 0.260. The maximum absolute atomic E-state index is 12.4. The first-order valence-corrected chi connectivity index (χ1v) is 6.95. The zero-order valence-electron chi connectivity index (χ0n) is 11.9. The smallest absolute Gasteiger partial charge is 0.241 e. The Kier molecular flexibility index (Phi) is 4.59. The van der Waals surface area contributed by atoms with Crippen LogP contribution in [0.25, 0.3) is 0 Å². The molecule has 1 atom stereocenters. The zero-order chi connectivity index (χ0) is 13.1. The monoisotopic (exact) mass is 254 g/mol. The molecule has 104 valence electrons. The molecule has 0 aromatic carbocycles. The van der Waals surface area contributed by atoms with Crippen LogP contribution < -0.4 is 5.32 Å². The average Bonchev–Trinajstić information content (AvgIpc) is 2.38. The lowest BCUT2D eigenvalue weighted by Gasteiger charge is -2.38. The summed E-state index contributed by atoms with van der Waals surface area (Å²) >= 11 is 0. The lowest BCUT2D eigenvalue weighted by atomic mass is 10.0. The van der Waals surface area contributed by atoms with Gasteiger partial charge in [0.25, 0.3) is 0 Å². The highest BCUT2D eigenvalue weighted by atomic mass is 16.2. The summed E-state index contributed by atoms with van der Waals surface area (Å²) in [5, 5.41) is 3.33. The first-order chi connectivity index (χ1) is 8.58. The highest BCUT2D eigenvalue weighted by Crippen LogP contribution is 2.15. The average molecular weight is 254 g/mol. The molecule has 0 aromatic heterocycles. The van der Waals surface area contributed by atoms with Crippen LogP contribution in [0.3, 0.4) is 0 Å². The molecule has 5 heteroatoms. The number of nitrogens with zero attached hydrogens (tertiary/aromatic N) is 3. The molecule has 0 radical (unpaired) electrons. The number of piperazine rings is 1. The van der Waals surface area contributed by atoms with Crippen molar-refractivity contribution in [3.63, 3.8) is 0 Å². The number of likely N-dealkylation sites (tertiary alicyclic amines) is 1. The minimum atomic E-state index is -0.0200. The van der Waals surface area contributed by atoms with Crippen LogP contribution >= 0.6 is 0 Å². The Bertz CT molecular complexity index is 289. The predicted octanol–water partition coefficient (Wildman–Crippen LogP) is -0.557. The van der Waals surface area contributed by atoms with Crippen LogP contribution in [0.4, 0.5) is 0 Å². The molecule has 2 fully saturated rings. The molecule has 0 bridgehead atoms. The van der Waals surface area contributed by atoms with Crippen molar-refractivity contribution in [2.45, 2.75) is 24.9 Å². The van der Waals surface area contributed by atoms with Crippen molar-refractivity contribution in [1.29, 1.82) is 0 Å². The van der Waals surface area contributed by atoms with E-state index in [0.29, 0.717) is 6.04 Å². The molecule has 2 aliphatic rings. The van der Waals surface area contributed by atoms with Crippen LogP contribution in [0.15, 0.2) is 0 Å². The number of hydrogen-bond donors (Lipinski definition) is 1. The van der Waals surface area contributed by atoms with E-state index in [4.69, 9.17) is 0 Å². The minimum Gasteiger partial charge on any atom is -0.341 e. The van der Waals surface area contributed by atoms with E-state index in [9.17, 15) is 4.79 Å². The second-order valence-corrected chi connectivity index (χ2v) is 5.75. The number of rotatable bonds is 2. The van der Waals surface area contributed by atoms with Gasteiger partial charge in [0.15, 0.2) is 0 Å². The van der Waals surface area contributed by atoms with E-state index in [1.165, 1.54) is 0 Å². The summed E-state index contributed by atoms with van der Waals surface area (Å²) in [4.78, 5) is 19.0. The number of piperidine rings is 1. The molecule has 1 amide bonds. The number of nitrogens with one attached hydrogen (secondary N) is 1.